The van der Waals surface area contributed by atoms with Gasteiger partial charge in [-0.25, -0.2) is 0 Å². The predicted molar refractivity (Wildman–Crippen MR) is 55.1 cm³/mol. The Morgan fingerprint density at radius 1 is 1.50 bits per heavy atom. The number of alkyl halides is 1. The first-order valence-electron chi connectivity index (χ1n) is 4.11. The van der Waals surface area contributed by atoms with Gasteiger partial charge in [-0.1, -0.05) is 15.9 Å². The fraction of sp³-hybridized carbons (Fsp3) is 0.556. The highest BCUT2D eigenvalue weighted by atomic mass is 79.9. The van der Waals surface area contributed by atoms with Crippen molar-refractivity contribution in [2.75, 3.05) is 17.2 Å². The summed E-state index contributed by atoms with van der Waals surface area (Å²) in [4.78, 5) is 0. The van der Waals surface area contributed by atoms with Gasteiger partial charge in [0.2, 0.25) is 0 Å². The molecule has 68 valence electrons. The van der Waals surface area contributed by atoms with E-state index in [1.807, 2.05) is 19.9 Å². The molecule has 1 aromatic heterocycles. The van der Waals surface area contributed by atoms with E-state index in [4.69, 9.17) is 4.42 Å². The van der Waals surface area contributed by atoms with E-state index in [1.165, 1.54) is 0 Å². The summed E-state index contributed by atoms with van der Waals surface area (Å²) in [5, 5.41) is 4.35. The molecular formula is C9H14BrNO. The fourth-order valence-corrected chi connectivity index (χ4v) is 1.38. The van der Waals surface area contributed by atoms with Gasteiger partial charge in [-0.3, -0.25) is 0 Å². The number of nitrogens with one attached hydrogen (secondary N) is 1. The Kier molecular flexibility index (Phi) is 3.66. The summed E-state index contributed by atoms with van der Waals surface area (Å²) in [6.45, 7) is 4.93. The van der Waals surface area contributed by atoms with Gasteiger partial charge in [0.15, 0.2) is 0 Å². The van der Waals surface area contributed by atoms with Gasteiger partial charge in [0.25, 0.3) is 0 Å². The maximum atomic E-state index is 5.37. The first-order valence-corrected chi connectivity index (χ1v) is 5.23. The van der Waals surface area contributed by atoms with Crippen LogP contribution >= 0.6 is 15.9 Å². The lowest BCUT2D eigenvalue weighted by molar-refractivity contribution is 0.505. The van der Waals surface area contributed by atoms with Crippen LogP contribution in [-0.4, -0.2) is 11.9 Å². The summed E-state index contributed by atoms with van der Waals surface area (Å²) >= 11 is 3.38. The third kappa shape index (κ3) is 2.55. The zero-order chi connectivity index (χ0) is 8.97. The molecular weight excluding hydrogens is 218 g/mol. The van der Waals surface area contributed by atoms with E-state index in [2.05, 4.69) is 21.2 Å². The number of anilines is 1. The van der Waals surface area contributed by atoms with Gasteiger partial charge in [-0.2, -0.15) is 0 Å². The van der Waals surface area contributed by atoms with E-state index in [9.17, 15) is 0 Å². The van der Waals surface area contributed by atoms with Crippen LogP contribution in [0.15, 0.2) is 10.5 Å². The van der Waals surface area contributed by atoms with E-state index in [0.29, 0.717) is 0 Å². The third-order valence-electron chi connectivity index (χ3n) is 1.67. The average Bonchev–Trinajstić information content (AvgIpc) is 2.31. The van der Waals surface area contributed by atoms with Crippen molar-refractivity contribution < 1.29 is 4.42 Å². The molecule has 0 saturated carbocycles. The molecule has 0 aliphatic carbocycles. The van der Waals surface area contributed by atoms with Crippen molar-refractivity contribution in [2.45, 2.75) is 20.3 Å². The van der Waals surface area contributed by atoms with Crippen molar-refractivity contribution in [1.29, 1.82) is 0 Å². The molecule has 0 fully saturated rings. The Morgan fingerprint density at radius 2 is 2.25 bits per heavy atom. The van der Waals surface area contributed by atoms with Gasteiger partial charge in [0, 0.05) is 17.9 Å². The van der Waals surface area contributed by atoms with Crippen molar-refractivity contribution in [1.82, 2.24) is 0 Å². The van der Waals surface area contributed by atoms with Crippen molar-refractivity contribution in [2.24, 2.45) is 0 Å². The Labute approximate surface area is 81.5 Å². The minimum atomic E-state index is 0.967. The van der Waals surface area contributed by atoms with Gasteiger partial charge in [-0.05, 0) is 20.3 Å². The van der Waals surface area contributed by atoms with Gasteiger partial charge < -0.3 is 9.73 Å². The van der Waals surface area contributed by atoms with Gasteiger partial charge in [-0.15, -0.1) is 0 Å². The number of furan rings is 1. The molecule has 1 heterocycles. The van der Waals surface area contributed by atoms with Crippen LogP contribution in [0.1, 0.15) is 17.9 Å². The Bertz CT molecular complexity index is 245. The zero-order valence-corrected chi connectivity index (χ0v) is 9.07. The highest BCUT2D eigenvalue weighted by Gasteiger charge is 2.01. The summed E-state index contributed by atoms with van der Waals surface area (Å²) < 4.78 is 5.37. The summed E-state index contributed by atoms with van der Waals surface area (Å²) in [5.41, 5.74) is 1.12. The van der Waals surface area contributed by atoms with E-state index in [0.717, 1.165) is 35.5 Å². The van der Waals surface area contributed by atoms with E-state index in [1.54, 1.807) is 0 Å². The Morgan fingerprint density at radius 3 is 2.75 bits per heavy atom. The smallest absolute Gasteiger partial charge is 0.124 e. The lowest BCUT2D eigenvalue weighted by Gasteiger charge is -2.01. The maximum absolute atomic E-state index is 5.37. The molecule has 1 aromatic rings. The maximum Gasteiger partial charge on any atom is 0.124 e. The van der Waals surface area contributed by atoms with Crippen LogP contribution < -0.4 is 5.32 Å². The summed E-state index contributed by atoms with van der Waals surface area (Å²) in [5.74, 6) is 1.94. The molecule has 0 spiro atoms. The standard InChI is InChI=1S/C9H14BrNO/c1-7-6-9(8(2)12-7)11-5-3-4-10/h6,11H,3-5H2,1-2H3. The minimum absolute atomic E-state index is 0.967. The van der Waals surface area contributed by atoms with Crippen LogP contribution in [0.25, 0.3) is 0 Å². The highest BCUT2D eigenvalue weighted by Crippen LogP contribution is 2.18. The van der Waals surface area contributed by atoms with Crippen LogP contribution in [0.2, 0.25) is 0 Å². The average molecular weight is 232 g/mol. The molecule has 0 unspecified atom stereocenters. The number of hydrogen-bond donors (Lipinski definition) is 1. The van der Waals surface area contributed by atoms with Gasteiger partial charge in [0.1, 0.15) is 11.5 Å². The molecule has 3 heteroatoms. The molecule has 0 amide bonds. The van der Waals surface area contributed by atoms with Crippen LogP contribution in [-0.2, 0) is 0 Å². The fourth-order valence-electron chi connectivity index (χ4n) is 1.10. The first kappa shape index (κ1) is 9.65. The topological polar surface area (TPSA) is 25.2 Å². The number of hydrogen-bond acceptors (Lipinski definition) is 2. The second-order valence-corrected chi connectivity index (χ2v) is 3.59. The molecule has 0 saturated heterocycles. The molecule has 1 N–H and O–H groups in total. The Hall–Kier alpha value is -0.440. The number of rotatable bonds is 4. The van der Waals surface area contributed by atoms with Crippen LogP contribution in [0.3, 0.4) is 0 Å². The van der Waals surface area contributed by atoms with Crippen molar-refractivity contribution in [3.8, 4) is 0 Å². The summed E-state index contributed by atoms with van der Waals surface area (Å²) in [6.07, 6.45) is 1.13. The SMILES string of the molecule is Cc1cc(NCCCBr)c(C)o1. The number of halogens is 1. The first-order chi connectivity index (χ1) is 5.74. The monoisotopic (exact) mass is 231 g/mol. The van der Waals surface area contributed by atoms with Crippen LogP contribution in [0, 0.1) is 13.8 Å². The summed E-state index contributed by atoms with van der Waals surface area (Å²) in [7, 11) is 0. The third-order valence-corrected chi connectivity index (χ3v) is 2.23. The lowest BCUT2D eigenvalue weighted by Crippen LogP contribution is -2.01. The summed E-state index contributed by atoms with van der Waals surface area (Å²) in [6, 6.07) is 2.03. The number of aryl methyl sites for hydroxylation is 2. The van der Waals surface area contributed by atoms with Crippen molar-refractivity contribution in [3.63, 3.8) is 0 Å². The predicted octanol–water partition coefficient (Wildman–Crippen LogP) is 3.09. The van der Waals surface area contributed by atoms with Crippen LogP contribution in [0.4, 0.5) is 5.69 Å². The highest BCUT2D eigenvalue weighted by molar-refractivity contribution is 9.09. The molecule has 0 aliphatic rings. The minimum Gasteiger partial charge on any atom is -0.464 e. The van der Waals surface area contributed by atoms with E-state index in [-0.39, 0.29) is 0 Å². The molecule has 0 bridgehead atoms. The molecule has 2 nitrogen and oxygen atoms in total. The van der Waals surface area contributed by atoms with Crippen molar-refractivity contribution in [3.05, 3.63) is 17.6 Å². The molecule has 0 aliphatic heterocycles. The molecule has 0 atom stereocenters. The molecule has 0 radical (unpaired) electrons. The van der Waals surface area contributed by atoms with Gasteiger partial charge in [0.05, 0.1) is 5.69 Å². The largest absolute Gasteiger partial charge is 0.464 e. The lowest BCUT2D eigenvalue weighted by atomic mass is 10.3. The van der Waals surface area contributed by atoms with Crippen molar-refractivity contribution >= 4 is 21.6 Å². The Balaban J connectivity index is 2.45. The quantitative estimate of drug-likeness (QED) is 0.637. The molecule has 0 aromatic carbocycles. The zero-order valence-electron chi connectivity index (χ0n) is 7.48. The van der Waals surface area contributed by atoms with Gasteiger partial charge >= 0.3 is 0 Å². The second-order valence-electron chi connectivity index (χ2n) is 2.80. The normalized spacial score (nSPS) is 10.2. The van der Waals surface area contributed by atoms with E-state index >= 15 is 0 Å². The van der Waals surface area contributed by atoms with E-state index < -0.39 is 0 Å². The molecule has 1 rings (SSSR count). The second kappa shape index (κ2) is 4.55. The van der Waals surface area contributed by atoms with Crippen LogP contribution in [0.5, 0.6) is 0 Å². The molecule has 12 heavy (non-hydrogen) atoms.